The lowest BCUT2D eigenvalue weighted by Gasteiger charge is -2.53. The van der Waals surface area contributed by atoms with Gasteiger partial charge in [-0.3, -0.25) is 4.79 Å². The van der Waals surface area contributed by atoms with Crippen LogP contribution < -0.4 is 14.5 Å². The summed E-state index contributed by atoms with van der Waals surface area (Å²) in [7, 11) is 5.55. The zero-order valence-electron chi connectivity index (χ0n) is 19.3. The fourth-order valence-corrected chi connectivity index (χ4v) is 4.65. The Hall–Kier alpha value is -3.69. The maximum absolute atomic E-state index is 13.7. The van der Waals surface area contributed by atoms with Crippen LogP contribution in [-0.4, -0.2) is 82.7 Å². The molecule has 1 aromatic carbocycles. The molecular weight excluding hydrogens is 420 g/mol. The van der Waals surface area contributed by atoms with Crippen LogP contribution in [-0.2, 0) is 0 Å². The molecule has 10 heteroatoms. The molecule has 5 rings (SSSR count). The first-order valence-electron chi connectivity index (χ1n) is 11.1. The molecule has 0 unspecified atom stereocenters. The molecule has 4 heterocycles. The maximum atomic E-state index is 13.7. The van der Waals surface area contributed by atoms with Crippen molar-refractivity contribution in [2.75, 3.05) is 50.6 Å². The first-order chi connectivity index (χ1) is 15.9. The zero-order valence-corrected chi connectivity index (χ0v) is 19.3. The van der Waals surface area contributed by atoms with E-state index in [1.165, 1.54) is 4.80 Å². The van der Waals surface area contributed by atoms with Crippen LogP contribution >= 0.6 is 0 Å². The molecule has 10 nitrogen and oxygen atoms in total. The van der Waals surface area contributed by atoms with Gasteiger partial charge in [0.2, 0.25) is 0 Å². The molecular formula is C23H28N8O2. The predicted molar refractivity (Wildman–Crippen MR) is 124 cm³/mol. The molecule has 2 aliphatic rings. The van der Waals surface area contributed by atoms with Crippen molar-refractivity contribution in [2.24, 2.45) is 5.92 Å². The molecule has 0 aliphatic carbocycles. The SMILES string of the molecule is COc1ccc(-n2nccn2)c(C(=O)N2C[C@H]3CCN(c4cc(N(C)C)nc(C)n4)C[C@H]32)c1. The molecule has 2 aromatic heterocycles. The summed E-state index contributed by atoms with van der Waals surface area (Å²) in [6, 6.07) is 7.56. The number of likely N-dealkylation sites (tertiary alicyclic amines) is 1. The van der Waals surface area contributed by atoms with Crippen molar-refractivity contribution < 1.29 is 9.53 Å². The van der Waals surface area contributed by atoms with E-state index in [1.807, 2.05) is 49.0 Å². The van der Waals surface area contributed by atoms with E-state index in [9.17, 15) is 4.79 Å². The number of carbonyl (C=O) groups excluding carboxylic acids is 1. The maximum Gasteiger partial charge on any atom is 0.256 e. The molecule has 172 valence electrons. The molecule has 1 amide bonds. The standard InChI is InChI=1S/C23H28N8O2/c1-15-26-21(28(2)3)12-22(27-15)29-10-7-16-13-30(20(16)14-29)23(32)18-11-17(33-4)5-6-19(18)31-24-8-9-25-31/h5-6,8-9,11-12,16,20H,7,10,13-14H2,1-4H3/t16-,20-/m1/s1. The number of aromatic nitrogens is 5. The number of rotatable bonds is 5. The lowest BCUT2D eigenvalue weighted by Crippen LogP contribution is -2.66. The van der Waals surface area contributed by atoms with E-state index in [1.54, 1.807) is 25.6 Å². The third-order valence-corrected chi connectivity index (χ3v) is 6.48. The second-order valence-electron chi connectivity index (χ2n) is 8.75. The molecule has 0 spiro atoms. The van der Waals surface area contributed by atoms with Gasteiger partial charge in [0.25, 0.3) is 5.91 Å². The minimum atomic E-state index is -0.0304. The first kappa shape index (κ1) is 21.2. The van der Waals surface area contributed by atoms with Gasteiger partial charge in [-0.25, -0.2) is 9.97 Å². The number of carbonyl (C=O) groups is 1. The van der Waals surface area contributed by atoms with Gasteiger partial charge in [0.1, 0.15) is 23.2 Å². The van der Waals surface area contributed by atoms with Gasteiger partial charge < -0.3 is 19.4 Å². The lowest BCUT2D eigenvalue weighted by molar-refractivity contribution is 0.00775. The van der Waals surface area contributed by atoms with E-state index in [0.717, 1.165) is 43.5 Å². The highest BCUT2D eigenvalue weighted by atomic mass is 16.5. The van der Waals surface area contributed by atoms with E-state index in [0.29, 0.717) is 22.9 Å². The quantitative estimate of drug-likeness (QED) is 0.583. The smallest absolute Gasteiger partial charge is 0.256 e. The predicted octanol–water partition coefficient (Wildman–Crippen LogP) is 1.79. The van der Waals surface area contributed by atoms with Crippen molar-refractivity contribution in [2.45, 2.75) is 19.4 Å². The molecule has 0 bridgehead atoms. The third kappa shape index (κ3) is 3.85. The molecule has 2 aliphatic heterocycles. The van der Waals surface area contributed by atoms with Crippen LogP contribution in [0.2, 0.25) is 0 Å². The summed E-state index contributed by atoms with van der Waals surface area (Å²) in [5.41, 5.74) is 1.18. The highest BCUT2D eigenvalue weighted by molar-refractivity contribution is 5.99. The van der Waals surface area contributed by atoms with Crippen LogP contribution in [0.25, 0.3) is 5.69 Å². The number of anilines is 2. The number of nitrogens with zero attached hydrogens (tertiary/aromatic N) is 8. The van der Waals surface area contributed by atoms with Gasteiger partial charge in [0, 0.05) is 45.7 Å². The first-order valence-corrected chi connectivity index (χ1v) is 11.1. The van der Waals surface area contributed by atoms with Crippen molar-refractivity contribution in [1.82, 2.24) is 29.9 Å². The number of fused-ring (bicyclic) bond motifs is 1. The third-order valence-electron chi connectivity index (χ3n) is 6.48. The van der Waals surface area contributed by atoms with Gasteiger partial charge in [0.05, 0.1) is 36.8 Å². The number of benzene rings is 1. The van der Waals surface area contributed by atoms with Crippen LogP contribution in [0.3, 0.4) is 0 Å². The number of methoxy groups -OCH3 is 1. The summed E-state index contributed by atoms with van der Waals surface area (Å²) in [6.45, 7) is 4.34. The lowest BCUT2D eigenvalue weighted by atomic mass is 9.81. The summed E-state index contributed by atoms with van der Waals surface area (Å²) in [6.07, 6.45) is 4.23. The van der Waals surface area contributed by atoms with E-state index < -0.39 is 0 Å². The van der Waals surface area contributed by atoms with Gasteiger partial charge in [-0.2, -0.15) is 15.0 Å². The van der Waals surface area contributed by atoms with Crippen LogP contribution in [0, 0.1) is 12.8 Å². The number of hydrogen-bond acceptors (Lipinski definition) is 8. The van der Waals surface area contributed by atoms with Crippen LogP contribution in [0.4, 0.5) is 11.6 Å². The topological polar surface area (TPSA) is 92.5 Å². The van der Waals surface area contributed by atoms with Gasteiger partial charge in [-0.1, -0.05) is 0 Å². The Labute approximate surface area is 192 Å². The van der Waals surface area contributed by atoms with Crippen LogP contribution in [0.5, 0.6) is 5.75 Å². The molecule has 0 N–H and O–H groups in total. The summed E-state index contributed by atoms with van der Waals surface area (Å²) < 4.78 is 5.38. The Morgan fingerprint density at radius 2 is 1.91 bits per heavy atom. The monoisotopic (exact) mass is 448 g/mol. The summed E-state index contributed by atoms with van der Waals surface area (Å²) in [5.74, 6) is 3.63. The van der Waals surface area contributed by atoms with Gasteiger partial charge in [0.15, 0.2) is 0 Å². The Balaban J connectivity index is 1.40. The fourth-order valence-electron chi connectivity index (χ4n) is 4.65. The molecule has 33 heavy (non-hydrogen) atoms. The molecule has 2 fully saturated rings. The summed E-state index contributed by atoms with van der Waals surface area (Å²) in [5, 5.41) is 8.44. The summed E-state index contributed by atoms with van der Waals surface area (Å²) in [4.78, 5) is 30.5. The van der Waals surface area contributed by atoms with Crippen molar-refractivity contribution in [3.05, 3.63) is 48.0 Å². The zero-order chi connectivity index (χ0) is 23.1. The molecule has 0 saturated carbocycles. The minimum absolute atomic E-state index is 0.0304. The molecule has 2 atom stereocenters. The highest BCUT2D eigenvalue weighted by Crippen LogP contribution is 2.36. The van der Waals surface area contributed by atoms with E-state index >= 15 is 0 Å². The van der Waals surface area contributed by atoms with Crippen LogP contribution in [0.1, 0.15) is 22.6 Å². The van der Waals surface area contributed by atoms with E-state index in [-0.39, 0.29) is 11.9 Å². The van der Waals surface area contributed by atoms with Crippen molar-refractivity contribution in [1.29, 1.82) is 0 Å². The minimum Gasteiger partial charge on any atom is -0.497 e. The van der Waals surface area contributed by atoms with E-state index in [2.05, 4.69) is 25.1 Å². The largest absolute Gasteiger partial charge is 0.497 e. The molecule has 2 saturated heterocycles. The van der Waals surface area contributed by atoms with Gasteiger partial charge in [-0.05, 0) is 31.5 Å². The Morgan fingerprint density at radius 1 is 1.12 bits per heavy atom. The van der Waals surface area contributed by atoms with Crippen molar-refractivity contribution in [3.63, 3.8) is 0 Å². The van der Waals surface area contributed by atoms with Crippen molar-refractivity contribution in [3.8, 4) is 11.4 Å². The summed E-state index contributed by atoms with van der Waals surface area (Å²) >= 11 is 0. The molecule has 3 aromatic rings. The number of amides is 1. The average Bonchev–Trinajstić information content (AvgIpc) is 3.33. The number of piperidine rings is 1. The highest BCUT2D eigenvalue weighted by Gasteiger charge is 2.46. The Morgan fingerprint density at radius 3 is 2.64 bits per heavy atom. The molecule has 0 radical (unpaired) electrons. The van der Waals surface area contributed by atoms with Crippen LogP contribution in [0.15, 0.2) is 36.7 Å². The fraction of sp³-hybridized carbons (Fsp3) is 0.435. The number of ether oxygens (including phenoxy) is 1. The normalized spacial score (nSPS) is 19.6. The number of hydrogen-bond donors (Lipinski definition) is 0. The second kappa shape index (κ2) is 8.34. The van der Waals surface area contributed by atoms with Gasteiger partial charge >= 0.3 is 0 Å². The number of aryl methyl sites for hydroxylation is 1. The second-order valence-corrected chi connectivity index (χ2v) is 8.75. The van der Waals surface area contributed by atoms with Crippen molar-refractivity contribution >= 4 is 17.5 Å². The Kier molecular flexibility index (Phi) is 5.35. The van der Waals surface area contributed by atoms with Gasteiger partial charge in [-0.15, -0.1) is 0 Å². The van der Waals surface area contributed by atoms with E-state index in [4.69, 9.17) is 4.74 Å². The Bertz CT molecular complexity index is 1160. The average molecular weight is 449 g/mol.